The van der Waals surface area contributed by atoms with Gasteiger partial charge in [0.15, 0.2) is 0 Å². The third-order valence-corrected chi connectivity index (χ3v) is 4.45. The van der Waals surface area contributed by atoms with Gasteiger partial charge in [-0.15, -0.1) is 0 Å². The Hall–Kier alpha value is -2.09. The first-order valence-electron chi connectivity index (χ1n) is 7.22. The second-order valence-corrected chi connectivity index (χ2v) is 7.83. The van der Waals surface area contributed by atoms with Gasteiger partial charge in [0.2, 0.25) is 0 Å². The van der Waals surface area contributed by atoms with Crippen LogP contribution in [0.3, 0.4) is 0 Å². The number of H-pyrrole nitrogens is 1. The third kappa shape index (κ3) is 5.24. The molecule has 23 heavy (non-hydrogen) atoms. The molecule has 0 aliphatic carbocycles. The summed E-state index contributed by atoms with van der Waals surface area (Å²) in [5, 5.41) is 6.02. The lowest BCUT2D eigenvalue weighted by Gasteiger charge is -2.13. The number of hydrogen-bond acceptors (Lipinski definition) is 3. The molecule has 0 saturated carbocycles. The Kier molecular flexibility index (Phi) is 5.25. The van der Waals surface area contributed by atoms with Crippen LogP contribution in [-0.4, -0.2) is 44.0 Å². The maximum absolute atomic E-state index is 13.3. The maximum atomic E-state index is 13.3. The molecule has 2 amide bonds. The Morgan fingerprint density at radius 1 is 1.39 bits per heavy atom. The molecule has 0 spiro atoms. The molecule has 2 aromatic rings. The van der Waals surface area contributed by atoms with Crippen molar-refractivity contribution in [1.29, 1.82) is 0 Å². The minimum atomic E-state index is -3.14. The van der Waals surface area contributed by atoms with Crippen LogP contribution in [0.15, 0.2) is 24.4 Å². The molecule has 126 valence electrons. The summed E-state index contributed by atoms with van der Waals surface area (Å²) in [5.74, 6) is -0.416. The zero-order chi connectivity index (χ0) is 17.0. The molecule has 2 rings (SSSR count). The molecule has 0 aliphatic heterocycles. The SMILES string of the molecule is C[C@@H](CS(C)(=O)=O)NC(=O)NCCc1c[nH]c2ccc(F)cc12. The second kappa shape index (κ2) is 6.99. The lowest BCUT2D eigenvalue weighted by atomic mass is 10.1. The van der Waals surface area contributed by atoms with Crippen molar-refractivity contribution in [2.75, 3.05) is 18.6 Å². The zero-order valence-electron chi connectivity index (χ0n) is 13.0. The molecule has 3 N–H and O–H groups in total. The monoisotopic (exact) mass is 341 g/mol. The van der Waals surface area contributed by atoms with Crippen molar-refractivity contribution in [1.82, 2.24) is 15.6 Å². The fourth-order valence-electron chi connectivity index (χ4n) is 2.44. The number of hydrogen-bond donors (Lipinski definition) is 3. The van der Waals surface area contributed by atoms with Crippen LogP contribution in [-0.2, 0) is 16.3 Å². The van der Waals surface area contributed by atoms with Gasteiger partial charge in [0, 0.05) is 35.9 Å². The van der Waals surface area contributed by atoms with E-state index in [-0.39, 0.29) is 11.6 Å². The number of benzene rings is 1. The molecule has 6 nitrogen and oxygen atoms in total. The number of urea groups is 1. The number of aromatic nitrogens is 1. The number of aromatic amines is 1. The fraction of sp³-hybridized carbons (Fsp3) is 0.400. The van der Waals surface area contributed by atoms with Crippen LogP contribution in [0, 0.1) is 5.82 Å². The minimum absolute atomic E-state index is 0.109. The van der Waals surface area contributed by atoms with Crippen LogP contribution < -0.4 is 10.6 Å². The normalized spacial score (nSPS) is 13.0. The summed E-state index contributed by atoms with van der Waals surface area (Å²) in [7, 11) is -3.14. The number of nitrogens with one attached hydrogen (secondary N) is 3. The Bertz CT molecular complexity index is 801. The summed E-state index contributed by atoms with van der Waals surface area (Å²) in [6.45, 7) is 1.99. The van der Waals surface area contributed by atoms with Crippen molar-refractivity contribution in [2.24, 2.45) is 0 Å². The summed E-state index contributed by atoms with van der Waals surface area (Å²) in [5.41, 5.74) is 1.75. The largest absolute Gasteiger partial charge is 0.361 e. The molecule has 0 radical (unpaired) electrons. The van der Waals surface area contributed by atoms with E-state index in [4.69, 9.17) is 0 Å². The Morgan fingerprint density at radius 2 is 2.13 bits per heavy atom. The summed E-state index contributed by atoms with van der Waals surface area (Å²) < 4.78 is 35.6. The van der Waals surface area contributed by atoms with E-state index >= 15 is 0 Å². The third-order valence-electron chi connectivity index (χ3n) is 3.34. The molecule has 1 aromatic heterocycles. The predicted molar refractivity (Wildman–Crippen MR) is 87.7 cm³/mol. The van der Waals surface area contributed by atoms with Gasteiger partial charge >= 0.3 is 6.03 Å². The average molecular weight is 341 g/mol. The van der Waals surface area contributed by atoms with E-state index in [1.165, 1.54) is 12.1 Å². The highest BCUT2D eigenvalue weighted by molar-refractivity contribution is 7.90. The highest BCUT2D eigenvalue weighted by Gasteiger charge is 2.13. The summed E-state index contributed by atoms with van der Waals surface area (Å²) >= 11 is 0. The highest BCUT2D eigenvalue weighted by Crippen LogP contribution is 2.19. The molecular formula is C15H20FN3O3S. The van der Waals surface area contributed by atoms with Gasteiger partial charge in [-0.1, -0.05) is 0 Å². The van der Waals surface area contributed by atoms with Crippen molar-refractivity contribution < 1.29 is 17.6 Å². The van der Waals surface area contributed by atoms with Crippen molar-refractivity contribution in [3.8, 4) is 0 Å². The number of rotatable bonds is 6. The summed E-state index contributed by atoms with van der Waals surface area (Å²) in [4.78, 5) is 14.8. The Labute approximate surface area is 134 Å². The van der Waals surface area contributed by atoms with Gasteiger partial charge in [0.25, 0.3) is 0 Å². The molecule has 0 unspecified atom stereocenters. The highest BCUT2D eigenvalue weighted by atomic mass is 32.2. The molecule has 0 bridgehead atoms. The van der Waals surface area contributed by atoms with E-state index in [2.05, 4.69) is 15.6 Å². The summed E-state index contributed by atoms with van der Waals surface area (Å²) in [6.07, 6.45) is 3.45. The standard InChI is InChI=1S/C15H20FN3O3S/c1-10(9-23(2,21)22)19-15(20)17-6-5-11-8-18-14-4-3-12(16)7-13(11)14/h3-4,7-8,10,18H,5-6,9H2,1-2H3,(H2,17,19,20)/t10-/m0/s1. The van der Waals surface area contributed by atoms with Gasteiger partial charge in [0.1, 0.15) is 15.7 Å². The van der Waals surface area contributed by atoms with Crippen molar-refractivity contribution in [3.63, 3.8) is 0 Å². The Morgan fingerprint density at radius 3 is 2.83 bits per heavy atom. The van der Waals surface area contributed by atoms with Gasteiger partial charge in [-0.2, -0.15) is 0 Å². The number of sulfone groups is 1. The van der Waals surface area contributed by atoms with E-state index in [1.54, 1.807) is 19.2 Å². The minimum Gasteiger partial charge on any atom is -0.361 e. The molecule has 0 fully saturated rings. The predicted octanol–water partition coefficient (Wildman–Crippen LogP) is 1.58. The molecular weight excluding hydrogens is 321 g/mol. The molecule has 1 atom stereocenters. The number of amides is 2. The molecule has 8 heteroatoms. The topological polar surface area (TPSA) is 91.1 Å². The number of fused-ring (bicyclic) bond motifs is 1. The average Bonchev–Trinajstić information content (AvgIpc) is 2.79. The molecule has 1 aromatic carbocycles. The Balaban J connectivity index is 1.84. The van der Waals surface area contributed by atoms with Gasteiger partial charge < -0.3 is 15.6 Å². The van der Waals surface area contributed by atoms with Crippen LogP contribution in [0.5, 0.6) is 0 Å². The van der Waals surface area contributed by atoms with Crippen LogP contribution >= 0.6 is 0 Å². The van der Waals surface area contributed by atoms with Gasteiger partial charge in [-0.25, -0.2) is 17.6 Å². The van der Waals surface area contributed by atoms with Crippen LogP contribution in [0.1, 0.15) is 12.5 Å². The van der Waals surface area contributed by atoms with E-state index in [0.717, 1.165) is 22.7 Å². The van der Waals surface area contributed by atoms with E-state index in [0.29, 0.717) is 13.0 Å². The van der Waals surface area contributed by atoms with Crippen LogP contribution in [0.2, 0.25) is 0 Å². The van der Waals surface area contributed by atoms with Crippen LogP contribution in [0.25, 0.3) is 10.9 Å². The van der Waals surface area contributed by atoms with E-state index < -0.39 is 21.9 Å². The van der Waals surface area contributed by atoms with Crippen molar-refractivity contribution in [2.45, 2.75) is 19.4 Å². The maximum Gasteiger partial charge on any atom is 0.315 e. The first-order chi connectivity index (χ1) is 10.7. The first-order valence-corrected chi connectivity index (χ1v) is 9.28. The lowest BCUT2D eigenvalue weighted by molar-refractivity contribution is 0.239. The van der Waals surface area contributed by atoms with Crippen LogP contribution in [0.4, 0.5) is 9.18 Å². The lowest BCUT2D eigenvalue weighted by Crippen LogP contribution is -2.44. The molecule has 1 heterocycles. The summed E-state index contributed by atoms with van der Waals surface area (Å²) in [6, 6.07) is 3.62. The number of carbonyl (C=O) groups is 1. The quantitative estimate of drug-likeness (QED) is 0.745. The smallest absolute Gasteiger partial charge is 0.315 e. The van der Waals surface area contributed by atoms with Gasteiger partial charge in [-0.05, 0) is 37.1 Å². The second-order valence-electron chi connectivity index (χ2n) is 5.65. The van der Waals surface area contributed by atoms with E-state index in [1.807, 2.05) is 0 Å². The first kappa shape index (κ1) is 17.3. The van der Waals surface area contributed by atoms with Crippen molar-refractivity contribution >= 4 is 26.8 Å². The number of halogens is 1. The van der Waals surface area contributed by atoms with Gasteiger partial charge in [-0.3, -0.25) is 0 Å². The van der Waals surface area contributed by atoms with E-state index in [9.17, 15) is 17.6 Å². The fourth-order valence-corrected chi connectivity index (χ4v) is 3.43. The van der Waals surface area contributed by atoms with Crippen molar-refractivity contribution in [3.05, 3.63) is 35.8 Å². The number of carbonyl (C=O) groups excluding carboxylic acids is 1. The zero-order valence-corrected chi connectivity index (χ0v) is 13.8. The molecule has 0 saturated heterocycles. The molecule has 0 aliphatic rings. The van der Waals surface area contributed by atoms with Gasteiger partial charge in [0.05, 0.1) is 5.75 Å².